The number of aliphatic hydroxyl groups excluding tert-OH is 1. The molecule has 0 aromatic rings. The van der Waals surface area contributed by atoms with Gasteiger partial charge < -0.3 is 19.5 Å². The van der Waals surface area contributed by atoms with Crippen LogP contribution >= 0.6 is 15.9 Å². The predicted octanol–water partition coefficient (Wildman–Crippen LogP) is 7.18. The highest BCUT2D eigenvalue weighted by molar-refractivity contribution is 9.09. The number of ether oxygens (including phenoxy) is 1. The van der Waals surface area contributed by atoms with E-state index in [1.807, 2.05) is 12.1 Å². The van der Waals surface area contributed by atoms with Gasteiger partial charge in [-0.25, -0.2) is 13.1 Å². The van der Waals surface area contributed by atoms with Gasteiger partial charge in [0.05, 0.1) is 37.5 Å². The third kappa shape index (κ3) is 24.5. The van der Waals surface area contributed by atoms with Gasteiger partial charge in [0.25, 0.3) is 0 Å². The Hall–Kier alpha value is -3.18. The lowest BCUT2D eigenvalue weighted by Gasteiger charge is -2.30. The van der Waals surface area contributed by atoms with Crippen LogP contribution in [0.5, 0.6) is 0 Å². The van der Waals surface area contributed by atoms with Crippen LogP contribution in [0.2, 0.25) is 0 Å². The number of rotatable bonds is 18. The van der Waals surface area contributed by atoms with Crippen molar-refractivity contribution in [3.05, 3.63) is 48.1 Å². The van der Waals surface area contributed by atoms with Crippen LogP contribution in [0.15, 0.2) is 25.3 Å². The van der Waals surface area contributed by atoms with Gasteiger partial charge in [-0.2, -0.15) is 21.0 Å². The van der Waals surface area contributed by atoms with E-state index in [0.29, 0.717) is 90.5 Å². The Bertz CT molecular complexity index is 758. The highest BCUT2D eigenvalue weighted by atomic mass is 79.9. The summed E-state index contributed by atoms with van der Waals surface area (Å²) in [6.45, 7) is 22.3. The molecule has 0 heterocycles. The summed E-state index contributed by atoms with van der Waals surface area (Å²) in [6.07, 6.45) is 8.79. The third-order valence-corrected chi connectivity index (χ3v) is 6.12. The van der Waals surface area contributed by atoms with Crippen LogP contribution in [0, 0.1) is 69.3 Å². The number of hydrogen-bond acceptors (Lipinski definition) is 6. The van der Waals surface area contributed by atoms with Gasteiger partial charge in [0.15, 0.2) is 0 Å². The highest BCUT2D eigenvalue weighted by Gasteiger charge is 2.31. The van der Waals surface area contributed by atoms with Gasteiger partial charge in [0.1, 0.15) is 0 Å². The minimum atomic E-state index is -0.407. The van der Waals surface area contributed by atoms with Gasteiger partial charge in [0.2, 0.25) is 13.1 Å². The molecule has 0 aromatic carbocycles. The van der Waals surface area contributed by atoms with Crippen molar-refractivity contribution in [2.45, 2.75) is 71.6 Å². The van der Waals surface area contributed by atoms with Gasteiger partial charge in [-0.1, -0.05) is 35.5 Å². The summed E-state index contributed by atoms with van der Waals surface area (Å²) >= 11 is 3.13. The maximum atomic E-state index is 9.33. The summed E-state index contributed by atoms with van der Waals surface area (Å²) in [7, 11) is 0. The second-order valence-corrected chi connectivity index (χ2v) is 8.95. The molecule has 9 heteroatoms. The molecule has 0 atom stereocenters. The largest absolute Gasteiger partial charge is 0.396 e. The molecule has 208 valence electrons. The van der Waals surface area contributed by atoms with Crippen molar-refractivity contribution < 1.29 is 9.84 Å². The zero-order valence-electron chi connectivity index (χ0n) is 21.8. The van der Waals surface area contributed by atoms with E-state index in [1.54, 1.807) is 12.2 Å². The van der Waals surface area contributed by atoms with E-state index in [9.17, 15) is 5.11 Å². The minimum Gasteiger partial charge on any atom is -0.396 e. The number of allylic oxidation sites excluding steroid dienone is 1. The molecule has 0 aliphatic heterocycles. The third-order valence-electron chi connectivity index (χ3n) is 5.66. The van der Waals surface area contributed by atoms with Crippen LogP contribution in [0.1, 0.15) is 71.6 Å². The van der Waals surface area contributed by atoms with E-state index < -0.39 is 5.41 Å². The fourth-order valence-corrected chi connectivity index (χ4v) is 3.43. The van der Waals surface area contributed by atoms with Crippen LogP contribution in [0.3, 0.4) is 0 Å². The van der Waals surface area contributed by atoms with Crippen LogP contribution in [0.25, 0.3) is 9.69 Å². The standard InChI is InChI=1S/C14H19N3O.C11H15N3O.C3H5Br.CH4/c1-3-12-18-13-14(6-4-9-15,7-5-10-16)8-11-17-2;1-14-9-6-11(10-15,4-2-7-12)5-3-8-13;1-2-3-4;/h3H,1,4-8,11-13H2;15H,2-6,9-10H2;2H,1,3H2;1H4. The molecule has 0 bridgehead atoms. The number of hydrogen-bond donors (Lipinski definition) is 1. The minimum absolute atomic E-state index is 0. The van der Waals surface area contributed by atoms with Crippen molar-refractivity contribution in [3.63, 3.8) is 0 Å². The van der Waals surface area contributed by atoms with E-state index in [0.717, 1.165) is 5.33 Å². The van der Waals surface area contributed by atoms with Gasteiger partial charge in [-0.3, -0.25) is 0 Å². The lowest BCUT2D eigenvalue weighted by atomic mass is 9.77. The van der Waals surface area contributed by atoms with Crippen molar-refractivity contribution in [2.24, 2.45) is 10.8 Å². The van der Waals surface area contributed by atoms with E-state index >= 15 is 0 Å². The molecule has 0 saturated heterocycles. The van der Waals surface area contributed by atoms with Crippen molar-refractivity contribution in [2.75, 3.05) is 38.2 Å². The van der Waals surface area contributed by atoms with Crippen LogP contribution in [0.4, 0.5) is 0 Å². The fourth-order valence-electron chi connectivity index (χ4n) is 3.43. The van der Waals surface area contributed by atoms with Crippen LogP contribution < -0.4 is 0 Å². The topological polar surface area (TPSA) is 133 Å². The molecule has 38 heavy (non-hydrogen) atoms. The van der Waals surface area contributed by atoms with Gasteiger partial charge >= 0.3 is 0 Å². The molecular weight excluding hydrogens is 544 g/mol. The normalized spacial score (nSPS) is 9.37. The average Bonchev–Trinajstić information content (AvgIpc) is 2.94. The van der Waals surface area contributed by atoms with Crippen LogP contribution in [-0.4, -0.2) is 43.3 Å². The van der Waals surface area contributed by atoms with Crippen LogP contribution in [-0.2, 0) is 4.74 Å². The first kappa shape index (κ1) is 41.9. The first-order valence-corrected chi connectivity index (χ1v) is 13.1. The molecule has 0 amide bonds. The maximum Gasteiger partial charge on any atom is 0.215 e. The second kappa shape index (κ2) is 31.8. The molecular formula is C29H43BrN6O2. The molecule has 0 unspecified atom stereocenters. The average molecular weight is 588 g/mol. The summed E-state index contributed by atoms with van der Waals surface area (Å²) in [4.78, 5) is 6.63. The van der Waals surface area contributed by atoms with Gasteiger partial charge in [-0.15, -0.1) is 13.2 Å². The Morgan fingerprint density at radius 3 is 1.42 bits per heavy atom. The zero-order chi connectivity index (χ0) is 28.7. The fraction of sp³-hybridized carbons (Fsp3) is 0.655. The monoisotopic (exact) mass is 586 g/mol. The Morgan fingerprint density at radius 2 is 1.13 bits per heavy atom. The van der Waals surface area contributed by atoms with Gasteiger partial charge in [-0.05, 0) is 25.7 Å². The van der Waals surface area contributed by atoms with Crippen molar-refractivity contribution in [1.82, 2.24) is 0 Å². The van der Waals surface area contributed by atoms with Crippen molar-refractivity contribution in [3.8, 4) is 24.3 Å². The first-order valence-electron chi connectivity index (χ1n) is 12.0. The zero-order valence-corrected chi connectivity index (χ0v) is 23.4. The smallest absolute Gasteiger partial charge is 0.215 e. The van der Waals surface area contributed by atoms with Crippen molar-refractivity contribution in [1.29, 1.82) is 21.0 Å². The molecule has 0 aliphatic carbocycles. The molecule has 0 saturated carbocycles. The number of halogens is 1. The maximum absolute atomic E-state index is 9.33. The summed E-state index contributed by atoms with van der Waals surface area (Å²) in [5.41, 5.74) is -0.630. The molecule has 0 fully saturated rings. The van der Waals surface area contributed by atoms with Crippen molar-refractivity contribution >= 4 is 15.9 Å². The Labute approximate surface area is 239 Å². The number of nitrogens with zero attached hydrogens (tertiary/aromatic N) is 6. The summed E-state index contributed by atoms with van der Waals surface area (Å²) in [6, 6.07) is 8.34. The van der Waals surface area contributed by atoms with E-state index in [2.05, 4.69) is 50.9 Å². The molecule has 1 N–H and O–H groups in total. The second-order valence-electron chi connectivity index (χ2n) is 8.30. The van der Waals surface area contributed by atoms with E-state index in [-0.39, 0.29) is 19.4 Å². The Balaban J connectivity index is -0.000000263. The molecule has 8 nitrogen and oxygen atoms in total. The lowest BCUT2D eigenvalue weighted by molar-refractivity contribution is 0.0449. The summed E-state index contributed by atoms with van der Waals surface area (Å²) in [5.74, 6) is 0. The molecule has 0 aliphatic rings. The number of nitriles is 4. The molecule has 0 radical (unpaired) electrons. The number of aliphatic hydroxyl groups is 1. The van der Waals surface area contributed by atoms with E-state index in [4.69, 9.17) is 38.9 Å². The summed E-state index contributed by atoms with van der Waals surface area (Å²) in [5, 5.41) is 44.7. The molecule has 0 rings (SSSR count). The predicted molar refractivity (Wildman–Crippen MR) is 155 cm³/mol. The first-order chi connectivity index (χ1) is 17.9. The lowest BCUT2D eigenvalue weighted by Crippen LogP contribution is -2.28. The Morgan fingerprint density at radius 1 is 0.763 bits per heavy atom. The van der Waals surface area contributed by atoms with Gasteiger partial charge in [0, 0.05) is 61.3 Å². The SMILES string of the molecule is C.C=CCBr.[C-]#[N+]CCC(CCC#N)(CCC#N)COCC=C.[C-]#[N+]CCC(CO)(CCC#N)CCC#N. The number of alkyl halides is 1. The Kier molecular flexibility index (Phi) is 35.1. The molecule has 0 aromatic heterocycles. The summed E-state index contributed by atoms with van der Waals surface area (Å²) < 4.78 is 5.50. The highest BCUT2D eigenvalue weighted by Crippen LogP contribution is 2.34. The quantitative estimate of drug-likeness (QED) is 0.0782. The molecule has 0 spiro atoms. The van der Waals surface area contributed by atoms with E-state index in [1.165, 1.54) is 0 Å².